The van der Waals surface area contributed by atoms with Crippen LogP contribution in [0.2, 0.25) is 0 Å². The zero-order valence-corrected chi connectivity index (χ0v) is 17.2. The SMILES string of the molecule is C=C(C)C1CN(C2=Cc3ccccc3OC2)CCN1CCCOc1ccccc1. The lowest BCUT2D eigenvalue weighted by Gasteiger charge is -2.44. The molecule has 0 aliphatic carbocycles. The molecule has 1 saturated heterocycles. The topological polar surface area (TPSA) is 24.9 Å². The van der Waals surface area contributed by atoms with E-state index >= 15 is 0 Å². The third kappa shape index (κ3) is 4.83. The molecular formula is C25H30N2O2. The molecule has 0 N–H and O–H groups in total. The van der Waals surface area contributed by atoms with Gasteiger partial charge in [-0.1, -0.05) is 48.6 Å². The van der Waals surface area contributed by atoms with Gasteiger partial charge in [-0.2, -0.15) is 0 Å². The quantitative estimate of drug-likeness (QED) is 0.515. The molecule has 4 heteroatoms. The fraction of sp³-hybridized carbons (Fsp3) is 0.360. The van der Waals surface area contributed by atoms with Crippen LogP contribution in [0.4, 0.5) is 0 Å². The van der Waals surface area contributed by atoms with Crippen molar-refractivity contribution >= 4 is 6.08 Å². The van der Waals surface area contributed by atoms with Gasteiger partial charge in [-0.15, -0.1) is 0 Å². The summed E-state index contributed by atoms with van der Waals surface area (Å²) >= 11 is 0. The Hall–Kier alpha value is -2.72. The van der Waals surface area contributed by atoms with Gasteiger partial charge in [0.2, 0.25) is 0 Å². The van der Waals surface area contributed by atoms with Gasteiger partial charge in [0.15, 0.2) is 0 Å². The van der Waals surface area contributed by atoms with Crippen LogP contribution in [0.15, 0.2) is 72.4 Å². The van der Waals surface area contributed by atoms with Crippen LogP contribution in [0.3, 0.4) is 0 Å². The number of para-hydroxylation sites is 2. The minimum atomic E-state index is 0.360. The number of benzene rings is 2. The summed E-state index contributed by atoms with van der Waals surface area (Å²) in [6.45, 7) is 11.8. The van der Waals surface area contributed by atoms with E-state index in [1.807, 2.05) is 42.5 Å². The van der Waals surface area contributed by atoms with Gasteiger partial charge in [0.1, 0.15) is 18.1 Å². The Morgan fingerprint density at radius 3 is 2.72 bits per heavy atom. The summed E-state index contributed by atoms with van der Waals surface area (Å²) in [5.74, 6) is 1.92. The number of piperazine rings is 1. The average Bonchev–Trinajstić information content (AvgIpc) is 2.77. The van der Waals surface area contributed by atoms with Gasteiger partial charge in [0, 0.05) is 37.8 Å². The molecule has 1 fully saturated rings. The molecule has 29 heavy (non-hydrogen) atoms. The molecule has 2 aromatic carbocycles. The lowest BCUT2D eigenvalue weighted by molar-refractivity contribution is 0.100. The monoisotopic (exact) mass is 390 g/mol. The van der Waals surface area contributed by atoms with Crippen LogP contribution in [0.5, 0.6) is 11.5 Å². The second-order valence-electron chi connectivity index (χ2n) is 7.82. The second-order valence-corrected chi connectivity index (χ2v) is 7.82. The molecule has 4 rings (SSSR count). The molecule has 0 amide bonds. The summed E-state index contributed by atoms with van der Waals surface area (Å²) in [7, 11) is 0. The van der Waals surface area contributed by atoms with Crippen molar-refractivity contribution in [1.29, 1.82) is 0 Å². The minimum Gasteiger partial charge on any atom is -0.494 e. The van der Waals surface area contributed by atoms with Gasteiger partial charge in [-0.25, -0.2) is 0 Å². The van der Waals surface area contributed by atoms with Crippen molar-refractivity contribution in [3.63, 3.8) is 0 Å². The first-order valence-corrected chi connectivity index (χ1v) is 10.5. The van der Waals surface area contributed by atoms with Crippen LogP contribution in [-0.4, -0.2) is 55.2 Å². The van der Waals surface area contributed by atoms with E-state index in [9.17, 15) is 0 Å². The van der Waals surface area contributed by atoms with Gasteiger partial charge in [0.25, 0.3) is 0 Å². The molecule has 1 unspecified atom stereocenters. The Balaban J connectivity index is 1.33. The fourth-order valence-corrected chi connectivity index (χ4v) is 4.08. The van der Waals surface area contributed by atoms with Crippen molar-refractivity contribution in [1.82, 2.24) is 9.80 Å². The van der Waals surface area contributed by atoms with Crippen molar-refractivity contribution in [2.75, 3.05) is 39.4 Å². The molecule has 1 atom stereocenters. The first-order valence-electron chi connectivity index (χ1n) is 10.5. The van der Waals surface area contributed by atoms with Crippen molar-refractivity contribution in [2.24, 2.45) is 0 Å². The number of nitrogens with zero attached hydrogens (tertiary/aromatic N) is 2. The molecule has 0 radical (unpaired) electrons. The average molecular weight is 391 g/mol. The Bertz CT molecular complexity index is 862. The number of rotatable bonds is 7. The lowest BCUT2D eigenvalue weighted by atomic mass is 10.0. The summed E-state index contributed by atoms with van der Waals surface area (Å²) in [4.78, 5) is 5.01. The predicted molar refractivity (Wildman–Crippen MR) is 118 cm³/mol. The molecule has 0 saturated carbocycles. The van der Waals surface area contributed by atoms with E-state index in [2.05, 4.69) is 41.5 Å². The van der Waals surface area contributed by atoms with E-state index < -0.39 is 0 Å². The van der Waals surface area contributed by atoms with Crippen LogP contribution < -0.4 is 9.47 Å². The number of hydrogen-bond donors (Lipinski definition) is 0. The third-order valence-corrected chi connectivity index (χ3v) is 5.68. The first-order chi connectivity index (χ1) is 14.2. The zero-order valence-electron chi connectivity index (χ0n) is 17.2. The highest BCUT2D eigenvalue weighted by molar-refractivity contribution is 5.61. The number of ether oxygens (including phenoxy) is 2. The van der Waals surface area contributed by atoms with Crippen LogP contribution >= 0.6 is 0 Å². The Morgan fingerprint density at radius 2 is 1.90 bits per heavy atom. The van der Waals surface area contributed by atoms with Crippen molar-refractivity contribution in [2.45, 2.75) is 19.4 Å². The lowest BCUT2D eigenvalue weighted by Crippen LogP contribution is -2.53. The second kappa shape index (κ2) is 9.19. The van der Waals surface area contributed by atoms with Crippen LogP contribution in [0.1, 0.15) is 18.9 Å². The third-order valence-electron chi connectivity index (χ3n) is 5.68. The normalized spacial score (nSPS) is 19.1. The summed E-state index contributed by atoms with van der Waals surface area (Å²) in [5.41, 5.74) is 3.65. The molecule has 2 aliphatic rings. The van der Waals surface area contributed by atoms with E-state index in [1.165, 1.54) is 16.8 Å². The zero-order chi connectivity index (χ0) is 20.1. The molecule has 152 valence electrons. The van der Waals surface area contributed by atoms with Crippen molar-refractivity contribution < 1.29 is 9.47 Å². The first kappa shape index (κ1) is 19.6. The van der Waals surface area contributed by atoms with Gasteiger partial charge in [0.05, 0.1) is 12.3 Å². The highest BCUT2D eigenvalue weighted by Gasteiger charge is 2.29. The predicted octanol–water partition coefficient (Wildman–Crippen LogP) is 4.45. The molecular weight excluding hydrogens is 360 g/mol. The van der Waals surface area contributed by atoms with E-state index in [4.69, 9.17) is 9.47 Å². The summed E-state index contributed by atoms with van der Waals surface area (Å²) in [6, 6.07) is 18.6. The van der Waals surface area contributed by atoms with Crippen LogP contribution in [0.25, 0.3) is 6.08 Å². The van der Waals surface area contributed by atoms with E-state index in [1.54, 1.807) is 0 Å². The van der Waals surface area contributed by atoms with Gasteiger partial charge in [-0.3, -0.25) is 4.90 Å². The van der Waals surface area contributed by atoms with Gasteiger partial charge in [-0.05, 0) is 37.6 Å². The number of fused-ring (bicyclic) bond motifs is 1. The summed E-state index contributed by atoms with van der Waals surface area (Å²) in [5, 5.41) is 0. The summed E-state index contributed by atoms with van der Waals surface area (Å²) < 4.78 is 11.8. The maximum Gasteiger partial charge on any atom is 0.128 e. The maximum atomic E-state index is 5.97. The van der Waals surface area contributed by atoms with E-state index in [-0.39, 0.29) is 0 Å². The standard InChI is InChI=1S/C25H30N2O2/c1-20(2)24-18-27(22-17-21-9-6-7-12-25(21)29-19-22)15-14-26(24)13-8-16-28-23-10-4-3-5-11-23/h3-7,9-12,17,24H,1,8,13-16,18-19H2,2H3. The Labute approximate surface area is 174 Å². The largest absolute Gasteiger partial charge is 0.494 e. The Kier molecular flexibility index (Phi) is 6.20. The molecule has 2 aromatic rings. The molecule has 0 aromatic heterocycles. The summed E-state index contributed by atoms with van der Waals surface area (Å²) in [6.07, 6.45) is 3.29. The highest BCUT2D eigenvalue weighted by atomic mass is 16.5. The van der Waals surface area contributed by atoms with Crippen molar-refractivity contribution in [3.05, 3.63) is 78.0 Å². The molecule has 4 nitrogen and oxygen atoms in total. The molecule has 0 spiro atoms. The van der Waals surface area contributed by atoms with Gasteiger partial charge >= 0.3 is 0 Å². The molecule has 0 bridgehead atoms. The molecule has 2 aliphatic heterocycles. The van der Waals surface area contributed by atoms with Crippen molar-refractivity contribution in [3.8, 4) is 11.5 Å². The highest BCUT2D eigenvalue weighted by Crippen LogP contribution is 2.29. The Morgan fingerprint density at radius 1 is 1.10 bits per heavy atom. The minimum absolute atomic E-state index is 0.360. The smallest absolute Gasteiger partial charge is 0.128 e. The fourth-order valence-electron chi connectivity index (χ4n) is 4.08. The number of hydrogen-bond acceptors (Lipinski definition) is 4. The van der Waals surface area contributed by atoms with Crippen LogP contribution in [0, 0.1) is 0 Å². The maximum absolute atomic E-state index is 5.97. The van der Waals surface area contributed by atoms with E-state index in [0.29, 0.717) is 12.6 Å². The molecule has 2 heterocycles. The van der Waals surface area contributed by atoms with Crippen LogP contribution in [-0.2, 0) is 0 Å². The van der Waals surface area contributed by atoms with Gasteiger partial charge < -0.3 is 14.4 Å². The van der Waals surface area contributed by atoms with E-state index in [0.717, 1.165) is 50.7 Å².